The number of benzene rings is 1. The zero-order valence-electron chi connectivity index (χ0n) is 14.2. The smallest absolute Gasteiger partial charge is 0.224 e. The molecular weight excluding hydrogens is 393 g/mol. The number of thiophene rings is 1. The Hall–Kier alpha value is -1.64. The van der Waals surface area contributed by atoms with Crippen molar-refractivity contribution in [3.63, 3.8) is 0 Å². The molecule has 0 fully saturated rings. The van der Waals surface area contributed by atoms with Gasteiger partial charge in [-0.15, -0.1) is 11.3 Å². The average molecular weight is 412 g/mol. The molecule has 0 spiro atoms. The van der Waals surface area contributed by atoms with Crippen molar-refractivity contribution in [1.29, 1.82) is 0 Å². The summed E-state index contributed by atoms with van der Waals surface area (Å²) in [4.78, 5) is 10.9. The summed E-state index contributed by atoms with van der Waals surface area (Å²) in [5, 5.41) is 4.96. The lowest BCUT2D eigenvalue weighted by atomic mass is 10.1. The Labute approximate surface area is 165 Å². The van der Waals surface area contributed by atoms with Crippen molar-refractivity contribution in [3.8, 4) is 11.3 Å². The second kappa shape index (κ2) is 8.37. The zero-order valence-corrected chi connectivity index (χ0v) is 16.5. The molecule has 0 aliphatic carbocycles. The third kappa shape index (κ3) is 3.87. The minimum Gasteiger partial charge on any atom is -0.397 e. The van der Waals surface area contributed by atoms with E-state index in [4.69, 9.17) is 39.4 Å². The molecule has 0 radical (unpaired) electrons. The van der Waals surface area contributed by atoms with Crippen LogP contribution < -0.4 is 16.8 Å². The summed E-state index contributed by atoms with van der Waals surface area (Å²) in [5.74, 6) is 0.527. The molecule has 0 saturated heterocycles. The highest BCUT2D eigenvalue weighted by atomic mass is 35.5. The molecule has 0 aliphatic heterocycles. The lowest BCUT2D eigenvalue weighted by molar-refractivity contribution is 0.197. The number of fused-ring (bicyclic) bond motifs is 1. The number of ether oxygens (including phenoxy) is 1. The van der Waals surface area contributed by atoms with Crippen molar-refractivity contribution >= 4 is 56.4 Å². The SMILES string of the molecule is COCCCNc1nc(-c2ccc(Cl)c(Cl)c2)c2c(N)c(CN)sc2n1. The number of anilines is 2. The predicted octanol–water partition coefficient (Wildman–Crippen LogP) is 4.15. The molecule has 0 atom stereocenters. The number of hydrogen-bond donors (Lipinski definition) is 3. The van der Waals surface area contributed by atoms with Gasteiger partial charge in [0.2, 0.25) is 5.95 Å². The molecule has 1 aromatic carbocycles. The van der Waals surface area contributed by atoms with E-state index in [-0.39, 0.29) is 0 Å². The zero-order chi connectivity index (χ0) is 18.7. The molecule has 0 saturated carbocycles. The van der Waals surface area contributed by atoms with E-state index in [0.717, 1.165) is 27.1 Å². The summed E-state index contributed by atoms with van der Waals surface area (Å²) in [5.41, 5.74) is 14.2. The number of nitrogens with zero attached hydrogens (tertiary/aromatic N) is 2. The molecule has 0 bridgehead atoms. The maximum atomic E-state index is 6.30. The van der Waals surface area contributed by atoms with Crippen LogP contribution in [0.5, 0.6) is 0 Å². The van der Waals surface area contributed by atoms with Gasteiger partial charge in [-0.05, 0) is 18.6 Å². The Balaban J connectivity index is 2.10. The average Bonchev–Trinajstić information content (AvgIpc) is 2.96. The monoisotopic (exact) mass is 411 g/mol. The summed E-state index contributed by atoms with van der Waals surface area (Å²) in [6, 6.07) is 5.38. The van der Waals surface area contributed by atoms with Crippen LogP contribution in [-0.4, -0.2) is 30.2 Å². The molecular formula is C17H19Cl2N5OS. The summed E-state index contributed by atoms with van der Waals surface area (Å²) >= 11 is 13.7. The van der Waals surface area contributed by atoms with Gasteiger partial charge < -0.3 is 21.5 Å². The second-order valence-corrected chi connectivity index (χ2v) is 7.52. The van der Waals surface area contributed by atoms with Gasteiger partial charge in [-0.25, -0.2) is 9.97 Å². The minimum absolute atomic E-state index is 0.351. The maximum Gasteiger partial charge on any atom is 0.224 e. The number of halogens is 2. The summed E-state index contributed by atoms with van der Waals surface area (Å²) in [6.45, 7) is 1.72. The molecule has 5 N–H and O–H groups in total. The van der Waals surface area contributed by atoms with Gasteiger partial charge in [-0.2, -0.15) is 0 Å². The van der Waals surface area contributed by atoms with Crippen LogP contribution in [0.2, 0.25) is 10.0 Å². The minimum atomic E-state index is 0.351. The van der Waals surface area contributed by atoms with Crippen molar-refractivity contribution in [3.05, 3.63) is 33.1 Å². The topological polar surface area (TPSA) is 99.1 Å². The van der Waals surface area contributed by atoms with Gasteiger partial charge >= 0.3 is 0 Å². The maximum absolute atomic E-state index is 6.30. The van der Waals surface area contributed by atoms with Crippen LogP contribution in [0.4, 0.5) is 11.6 Å². The van der Waals surface area contributed by atoms with Crippen LogP contribution in [0.1, 0.15) is 11.3 Å². The Morgan fingerprint density at radius 1 is 1.23 bits per heavy atom. The van der Waals surface area contributed by atoms with E-state index < -0.39 is 0 Å². The van der Waals surface area contributed by atoms with Crippen LogP contribution >= 0.6 is 34.5 Å². The number of methoxy groups -OCH3 is 1. The van der Waals surface area contributed by atoms with Crippen LogP contribution in [-0.2, 0) is 11.3 Å². The molecule has 9 heteroatoms. The molecule has 3 rings (SSSR count). The molecule has 2 aromatic heterocycles. The number of nitrogens with one attached hydrogen (secondary N) is 1. The highest BCUT2D eigenvalue weighted by molar-refractivity contribution is 7.19. The molecule has 3 aromatic rings. The summed E-state index contributed by atoms with van der Waals surface area (Å²) in [6.07, 6.45) is 0.848. The first-order valence-electron chi connectivity index (χ1n) is 8.02. The van der Waals surface area contributed by atoms with Crippen LogP contribution in [0, 0.1) is 0 Å². The van der Waals surface area contributed by atoms with E-state index in [9.17, 15) is 0 Å². The first-order valence-corrected chi connectivity index (χ1v) is 9.59. The molecule has 26 heavy (non-hydrogen) atoms. The fourth-order valence-corrected chi connectivity index (χ4v) is 3.84. The van der Waals surface area contributed by atoms with E-state index in [1.807, 2.05) is 6.07 Å². The molecule has 2 heterocycles. The standard InChI is InChI=1S/C17H19Cl2N5OS/c1-25-6-2-5-22-17-23-15(9-3-4-10(18)11(19)7-9)13-14(21)12(8-20)26-16(13)24-17/h3-4,7H,2,5-6,8,20-21H2,1H3,(H,22,23,24). The summed E-state index contributed by atoms with van der Waals surface area (Å²) in [7, 11) is 1.67. The van der Waals surface area contributed by atoms with Crippen molar-refractivity contribution in [2.45, 2.75) is 13.0 Å². The van der Waals surface area contributed by atoms with Gasteiger partial charge in [0, 0.05) is 37.2 Å². The quantitative estimate of drug-likeness (QED) is 0.504. The molecule has 6 nitrogen and oxygen atoms in total. The Bertz CT molecular complexity index is 931. The van der Waals surface area contributed by atoms with Gasteiger partial charge in [-0.1, -0.05) is 29.3 Å². The molecule has 138 valence electrons. The Kier molecular flexibility index (Phi) is 6.16. The highest BCUT2D eigenvalue weighted by Gasteiger charge is 2.18. The van der Waals surface area contributed by atoms with E-state index >= 15 is 0 Å². The Morgan fingerprint density at radius 3 is 2.73 bits per heavy atom. The molecule has 0 aliphatic rings. The number of aromatic nitrogens is 2. The largest absolute Gasteiger partial charge is 0.397 e. The number of nitrogens with two attached hydrogens (primary N) is 2. The van der Waals surface area contributed by atoms with E-state index in [0.29, 0.717) is 47.1 Å². The third-order valence-electron chi connectivity index (χ3n) is 3.85. The number of nitrogen functional groups attached to an aromatic ring is 1. The lowest BCUT2D eigenvalue weighted by Crippen LogP contribution is -2.08. The van der Waals surface area contributed by atoms with Crippen LogP contribution in [0.15, 0.2) is 18.2 Å². The predicted molar refractivity (Wildman–Crippen MR) is 110 cm³/mol. The molecule has 0 unspecified atom stereocenters. The van der Waals surface area contributed by atoms with Gasteiger partial charge in [-0.3, -0.25) is 0 Å². The van der Waals surface area contributed by atoms with Gasteiger partial charge in [0.05, 0.1) is 26.8 Å². The van der Waals surface area contributed by atoms with Crippen molar-refractivity contribution in [2.24, 2.45) is 5.73 Å². The van der Waals surface area contributed by atoms with Gasteiger partial charge in [0.25, 0.3) is 0 Å². The van der Waals surface area contributed by atoms with E-state index in [1.54, 1.807) is 19.2 Å². The van der Waals surface area contributed by atoms with Gasteiger partial charge in [0.15, 0.2) is 0 Å². The summed E-state index contributed by atoms with van der Waals surface area (Å²) < 4.78 is 5.06. The van der Waals surface area contributed by atoms with Crippen molar-refractivity contribution in [1.82, 2.24) is 9.97 Å². The van der Waals surface area contributed by atoms with E-state index in [1.165, 1.54) is 11.3 Å². The second-order valence-electron chi connectivity index (χ2n) is 5.62. The van der Waals surface area contributed by atoms with Crippen molar-refractivity contribution in [2.75, 3.05) is 31.3 Å². The van der Waals surface area contributed by atoms with Crippen LogP contribution in [0.3, 0.4) is 0 Å². The normalized spacial score (nSPS) is 11.2. The number of hydrogen-bond acceptors (Lipinski definition) is 7. The van der Waals surface area contributed by atoms with Crippen LogP contribution in [0.25, 0.3) is 21.5 Å². The Morgan fingerprint density at radius 2 is 2.04 bits per heavy atom. The first-order chi connectivity index (χ1) is 12.5. The third-order valence-corrected chi connectivity index (χ3v) is 5.71. The molecule has 0 amide bonds. The van der Waals surface area contributed by atoms with Crippen molar-refractivity contribution < 1.29 is 4.74 Å². The first kappa shape index (κ1) is 19.1. The van der Waals surface area contributed by atoms with E-state index in [2.05, 4.69) is 15.3 Å². The van der Waals surface area contributed by atoms with Gasteiger partial charge in [0.1, 0.15) is 4.83 Å². The number of rotatable bonds is 7. The highest BCUT2D eigenvalue weighted by Crippen LogP contribution is 2.40. The lowest BCUT2D eigenvalue weighted by Gasteiger charge is -2.10. The fourth-order valence-electron chi connectivity index (χ4n) is 2.57. The fraction of sp³-hybridized carbons (Fsp3) is 0.294.